The van der Waals surface area contributed by atoms with Gasteiger partial charge in [0.1, 0.15) is 0 Å². The van der Waals surface area contributed by atoms with Gasteiger partial charge in [-0.2, -0.15) is 15.0 Å². The SMILES string of the molecule is CSc1ccccc1Nc1nc(N)nc(Cl)n1. The highest BCUT2D eigenvalue weighted by Gasteiger charge is 2.05. The Bertz CT molecular complexity index is 514. The van der Waals surface area contributed by atoms with E-state index in [4.69, 9.17) is 17.3 Å². The first-order valence-electron chi connectivity index (χ1n) is 4.76. The molecule has 1 aromatic carbocycles. The lowest BCUT2D eigenvalue weighted by Crippen LogP contribution is -2.03. The highest BCUT2D eigenvalue weighted by Crippen LogP contribution is 2.26. The first kappa shape index (κ1) is 11.9. The number of thioether (sulfide) groups is 1. The van der Waals surface area contributed by atoms with Crippen molar-refractivity contribution in [3.63, 3.8) is 0 Å². The number of rotatable bonds is 3. The molecule has 0 saturated heterocycles. The first-order valence-corrected chi connectivity index (χ1v) is 6.36. The second-order valence-electron chi connectivity index (χ2n) is 3.11. The van der Waals surface area contributed by atoms with Crippen molar-refractivity contribution in [2.75, 3.05) is 17.3 Å². The largest absolute Gasteiger partial charge is 0.368 e. The quantitative estimate of drug-likeness (QED) is 0.833. The lowest BCUT2D eigenvalue weighted by Gasteiger charge is -2.08. The highest BCUT2D eigenvalue weighted by atomic mass is 35.5. The number of nitrogens with one attached hydrogen (secondary N) is 1. The number of nitrogens with two attached hydrogens (primary N) is 1. The van der Waals surface area contributed by atoms with Crippen molar-refractivity contribution in [1.29, 1.82) is 0 Å². The zero-order valence-corrected chi connectivity index (χ0v) is 10.6. The maximum atomic E-state index is 5.70. The number of nitrogens with zero attached hydrogens (tertiary/aromatic N) is 3. The molecule has 0 unspecified atom stereocenters. The molecule has 3 N–H and O–H groups in total. The summed E-state index contributed by atoms with van der Waals surface area (Å²) >= 11 is 7.33. The molecule has 1 aromatic heterocycles. The monoisotopic (exact) mass is 267 g/mol. The van der Waals surface area contributed by atoms with Gasteiger partial charge in [-0.1, -0.05) is 12.1 Å². The van der Waals surface area contributed by atoms with Crippen molar-refractivity contribution in [3.05, 3.63) is 29.5 Å². The summed E-state index contributed by atoms with van der Waals surface area (Å²) in [5.41, 5.74) is 6.40. The van der Waals surface area contributed by atoms with E-state index in [2.05, 4.69) is 20.3 Å². The van der Waals surface area contributed by atoms with Gasteiger partial charge in [0, 0.05) is 4.90 Å². The van der Waals surface area contributed by atoms with Gasteiger partial charge in [0.25, 0.3) is 0 Å². The Kier molecular flexibility index (Phi) is 3.65. The van der Waals surface area contributed by atoms with Crippen molar-refractivity contribution < 1.29 is 0 Å². The molecule has 0 fully saturated rings. The molecule has 17 heavy (non-hydrogen) atoms. The summed E-state index contributed by atoms with van der Waals surface area (Å²) in [5, 5.41) is 3.13. The molecule has 0 amide bonds. The molecule has 0 aliphatic rings. The molecule has 0 atom stereocenters. The van der Waals surface area contributed by atoms with E-state index in [1.54, 1.807) is 11.8 Å². The number of hydrogen-bond donors (Lipinski definition) is 2. The third-order valence-corrected chi connectivity index (χ3v) is 2.94. The third kappa shape index (κ3) is 2.98. The minimum absolute atomic E-state index is 0.0710. The maximum absolute atomic E-state index is 5.70. The van der Waals surface area contributed by atoms with Gasteiger partial charge in [-0.3, -0.25) is 0 Å². The first-order chi connectivity index (χ1) is 8.19. The molecule has 0 aliphatic carbocycles. The van der Waals surface area contributed by atoms with Crippen molar-refractivity contribution >= 4 is 40.9 Å². The Balaban J connectivity index is 2.31. The van der Waals surface area contributed by atoms with E-state index in [0.29, 0.717) is 5.95 Å². The van der Waals surface area contributed by atoms with Gasteiger partial charge in [0.15, 0.2) is 0 Å². The normalized spacial score (nSPS) is 10.2. The lowest BCUT2D eigenvalue weighted by atomic mass is 10.3. The smallest absolute Gasteiger partial charge is 0.233 e. The number of hydrogen-bond acceptors (Lipinski definition) is 6. The van der Waals surface area contributed by atoms with Crippen LogP contribution in [-0.4, -0.2) is 21.2 Å². The van der Waals surface area contributed by atoms with Crippen LogP contribution in [0.2, 0.25) is 5.28 Å². The molecular weight excluding hydrogens is 258 g/mol. The predicted molar refractivity (Wildman–Crippen MR) is 70.8 cm³/mol. The van der Waals surface area contributed by atoms with Crippen LogP contribution in [0, 0.1) is 0 Å². The van der Waals surface area contributed by atoms with Crippen molar-refractivity contribution in [1.82, 2.24) is 15.0 Å². The predicted octanol–water partition coefficient (Wildman–Crippen LogP) is 2.57. The van der Waals surface area contributed by atoms with E-state index >= 15 is 0 Å². The van der Waals surface area contributed by atoms with Gasteiger partial charge in [-0.05, 0) is 30.0 Å². The van der Waals surface area contributed by atoms with Crippen LogP contribution in [0.15, 0.2) is 29.2 Å². The molecule has 1 heterocycles. The number of anilines is 3. The molecule has 5 nitrogen and oxygen atoms in total. The Morgan fingerprint density at radius 3 is 2.71 bits per heavy atom. The summed E-state index contributed by atoms with van der Waals surface area (Å²) in [6, 6.07) is 7.82. The van der Waals surface area contributed by atoms with E-state index in [9.17, 15) is 0 Å². The van der Waals surface area contributed by atoms with Gasteiger partial charge in [0.05, 0.1) is 5.69 Å². The fourth-order valence-corrected chi connectivity index (χ4v) is 2.01. The van der Waals surface area contributed by atoms with Crippen LogP contribution in [0.5, 0.6) is 0 Å². The highest BCUT2D eigenvalue weighted by molar-refractivity contribution is 7.98. The minimum atomic E-state index is 0.0710. The van der Waals surface area contributed by atoms with Crippen LogP contribution in [-0.2, 0) is 0 Å². The zero-order chi connectivity index (χ0) is 12.3. The van der Waals surface area contributed by atoms with Crippen LogP contribution in [0.25, 0.3) is 0 Å². The number of benzene rings is 1. The maximum Gasteiger partial charge on any atom is 0.233 e. The third-order valence-electron chi connectivity index (χ3n) is 1.98. The number of nitrogen functional groups attached to an aromatic ring is 1. The van der Waals surface area contributed by atoms with E-state index < -0.39 is 0 Å². The zero-order valence-electron chi connectivity index (χ0n) is 9.01. The fourth-order valence-electron chi connectivity index (χ4n) is 1.29. The summed E-state index contributed by atoms with van der Waals surface area (Å²) in [6.07, 6.45) is 2.00. The van der Waals surface area contributed by atoms with Crippen molar-refractivity contribution in [3.8, 4) is 0 Å². The average molecular weight is 268 g/mol. The summed E-state index contributed by atoms with van der Waals surface area (Å²) in [7, 11) is 0. The summed E-state index contributed by atoms with van der Waals surface area (Å²) in [6.45, 7) is 0. The molecule has 0 aliphatic heterocycles. The van der Waals surface area contributed by atoms with E-state index in [0.717, 1.165) is 10.6 Å². The second-order valence-corrected chi connectivity index (χ2v) is 4.30. The Labute approximate surface area is 108 Å². The molecule has 7 heteroatoms. The number of para-hydroxylation sites is 1. The molecule has 0 bridgehead atoms. The average Bonchev–Trinajstić information content (AvgIpc) is 2.28. The van der Waals surface area contributed by atoms with Gasteiger partial charge >= 0.3 is 0 Å². The van der Waals surface area contributed by atoms with Crippen LogP contribution in [0.4, 0.5) is 17.6 Å². The molecule has 88 valence electrons. The summed E-state index contributed by atoms with van der Waals surface area (Å²) < 4.78 is 0. The van der Waals surface area contributed by atoms with Gasteiger partial charge in [-0.25, -0.2) is 0 Å². The molecule has 0 spiro atoms. The summed E-state index contributed by atoms with van der Waals surface area (Å²) in [4.78, 5) is 12.7. The van der Waals surface area contributed by atoms with Crippen molar-refractivity contribution in [2.24, 2.45) is 0 Å². The molecule has 0 radical (unpaired) electrons. The summed E-state index contributed by atoms with van der Waals surface area (Å²) in [5.74, 6) is 0.429. The fraction of sp³-hybridized carbons (Fsp3) is 0.100. The lowest BCUT2D eigenvalue weighted by molar-refractivity contribution is 1.07. The standard InChI is InChI=1S/C10H10ClN5S/c1-17-7-5-3-2-4-6(7)13-10-15-8(11)14-9(12)16-10/h2-5H,1H3,(H3,12,13,14,15,16). The topological polar surface area (TPSA) is 76.7 Å². The Hall–Kier alpha value is -1.53. The minimum Gasteiger partial charge on any atom is -0.368 e. The Morgan fingerprint density at radius 2 is 2.00 bits per heavy atom. The van der Waals surface area contributed by atoms with Crippen LogP contribution in [0.3, 0.4) is 0 Å². The van der Waals surface area contributed by atoms with E-state index in [1.165, 1.54) is 0 Å². The van der Waals surface area contributed by atoms with Gasteiger partial charge < -0.3 is 11.1 Å². The van der Waals surface area contributed by atoms with Gasteiger partial charge in [0.2, 0.25) is 17.2 Å². The Morgan fingerprint density at radius 1 is 1.24 bits per heavy atom. The van der Waals surface area contributed by atoms with Crippen molar-refractivity contribution in [2.45, 2.75) is 4.90 Å². The molecule has 2 aromatic rings. The number of aromatic nitrogens is 3. The van der Waals surface area contributed by atoms with Crippen LogP contribution in [0.1, 0.15) is 0 Å². The molecule has 0 saturated carbocycles. The second kappa shape index (κ2) is 5.20. The molecular formula is C10H10ClN5S. The number of halogens is 1. The van der Waals surface area contributed by atoms with Crippen LogP contribution < -0.4 is 11.1 Å². The van der Waals surface area contributed by atoms with Crippen LogP contribution >= 0.6 is 23.4 Å². The van der Waals surface area contributed by atoms with Gasteiger partial charge in [-0.15, -0.1) is 11.8 Å². The van der Waals surface area contributed by atoms with E-state index in [1.807, 2.05) is 30.5 Å². The van der Waals surface area contributed by atoms with E-state index in [-0.39, 0.29) is 11.2 Å². The molecule has 2 rings (SSSR count).